The number of esters is 1. The third-order valence-electron chi connectivity index (χ3n) is 3.90. The Morgan fingerprint density at radius 1 is 1.15 bits per heavy atom. The van der Waals surface area contributed by atoms with E-state index < -0.39 is 29.8 Å². The molecule has 1 aromatic heterocycles. The number of halogens is 1. The Kier molecular flexibility index (Phi) is 4.89. The molecule has 0 unspecified atom stereocenters. The third-order valence-corrected chi connectivity index (χ3v) is 3.90. The summed E-state index contributed by atoms with van der Waals surface area (Å²) in [7, 11) is 0. The van der Waals surface area contributed by atoms with E-state index in [1.165, 1.54) is 18.2 Å². The number of primary amides is 1. The second-order valence-electron chi connectivity index (χ2n) is 5.75. The molecule has 0 bridgehead atoms. The Hall–Kier alpha value is -3.68. The van der Waals surface area contributed by atoms with Crippen molar-refractivity contribution >= 4 is 28.9 Å². The molecular formula is C19H15FN2O5. The Bertz CT molecular complexity index is 1030. The van der Waals surface area contributed by atoms with Crippen molar-refractivity contribution in [2.24, 2.45) is 5.73 Å². The zero-order valence-corrected chi connectivity index (χ0v) is 14.2. The Labute approximate surface area is 152 Å². The molecule has 1 atom stereocenters. The molecule has 3 aromatic rings. The highest BCUT2D eigenvalue weighted by atomic mass is 19.1. The maximum absolute atomic E-state index is 13.4. The molecule has 0 saturated heterocycles. The monoisotopic (exact) mass is 370 g/mol. The number of fused-ring (bicyclic) bond motifs is 1. The van der Waals surface area contributed by atoms with Crippen LogP contribution in [-0.2, 0) is 9.53 Å². The van der Waals surface area contributed by atoms with Crippen molar-refractivity contribution in [3.05, 3.63) is 71.2 Å². The van der Waals surface area contributed by atoms with Crippen molar-refractivity contribution in [1.82, 2.24) is 5.32 Å². The van der Waals surface area contributed by atoms with Crippen LogP contribution in [0.25, 0.3) is 11.0 Å². The summed E-state index contributed by atoms with van der Waals surface area (Å²) in [5, 5.41) is 2.31. The van der Waals surface area contributed by atoms with Gasteiger partial charge in [-0.2, -0.15) is 0 Å². The maximum atomic E-state index is 13.4. The highest BCUT2D eigenvalue weighted by molar-refractivity contribution is 6.00. The van der Waals surface area contributed by atoms with E-state index >= 15 is 0 Å². The van der Waals surface area contributed by atoms with Crippen LogP contribution in [0.2, 0.25) is 0 Å². The molecule has 0 aliphatic heterocycles. The van der Waals surface area contributed by atoms with Gasteiger partial charge in [0.05, 0.1) is 0 Å². The molecular weight excluding hydrogens is 355 g/mol. The standard InChI is InChI=1S/C19H15FN2O5/c1-10-13-9-12(20)7-8-14(13)26-15(10)18(24)27-16(17(23)22-19(21)25)11-5-3-2-4-6-11/h2-9,16H,1H3,(H3,21,22,23,25)/t16-/m0/s1. The molecule has 3 amide bonds. The van der Waals surface area contributed by atoms with Crippen LogP contribution in [-0.4, -0.2) is 17.9 Å². The lowest BCUT2D eigenvalue weighted by Crippen LogP contribution is -2.39. The molecule has 0 aliphatic rings. The fourth-order valence-corrected chi connectivity index (χ4v) is 2.64. The minimum atomic E-state index is -1.42. The quantitative estimate of drug-likeness (QED) is 0.686. The van der Waals surface area contributed by atoms with Gasteiger partial charge in [-0.25, -0.2) is 14.0 Å². The van der Waals surface area contributed by atoms with Crippen molar-refractivity contribution in [2.75, 3.05) is 0 Å². The number of nitrogens with one attached hydrogen (secondary N) is 1. The number of urea groups is 1. The summed E-state index contributed by atoms with van der Waals surface area (Å²) in [6, 6.07) is 10.9. The van der Waals surface area contributed by atoms with Gasteiger partial charge in [-0.3, -0.25) is 10.1 Å². The van der Waals surface area contributed by atoms with Gasteiger partial charge in [-0.05, 0) is 25.1 Å². The lowest BCUT2D eigenvalue weighted by Gasteiger charge is -2.16. The minimum Gasteiger partial charge on any atom is -0.449 e. The van der Waals surface area contributed by atoms with Gasteiger partial charge in [0.2, 0.25) is 11.9 Å². The summed E-state index contributed by atoms with van der Waals surface area (Å²) in [5.41, 5.74) is 5.99. The van der Waals surface area contributed by atoms with Crippen LogP contribution in [0.3, 0.4) is 0 Å². The zero-order valence-electron chi connectivity index (χ0n) is 14.2. The van der Waals surface area contributed by atoms with Gasteiger partial charge in [0.1, 0.15) is 11.4 Å². The fraction of sp³-hybridized carbons (Fsp3) is 0.105. The number of carbonyl (C=O) groups excluding carboxylic acids is 3. The summed E-state index contributed by atoms with van der Waals surface area (Å²) in [6.45, 7) is 1.57. The van der Waals surface area contributed by atoms with Gasteiger partial charge in [0.25, 0.3) is 5.91 Å². The molecule has 138 valence electrons. The van der Waals surface area contributed by atoms with Gasteiger partial charge in [0, 0.05) is 16.5 Å². The van der Waals surface area contributed by atoms with E-state index in [1.807, 2.05) is 5.32 Å². The van der Waals surface area contributed by atoms with E-state index in [0.717, 1.165) is 0 Å². The van der Waals surface area contributed by atoms with E-state index in [1.54, 1.807) is 37.3 Å². The van der Waals surface area contributed by atoms with E-state index in [-0.39, 0.29) is 5.76 Å². The zero-order chi connectivity index (χ0) is 19.6. The summed E-state index contributed by atoms with van der Waals surface area (Å²) >= 11 is 0. The first kappa shape index (κ1) is 18.1. The number of carbonyl (C=O) groups is 3. The SMILES string of the molecule is Cc1c(C(=O)O[C@H](C(=O)NC(N)=O)c2ccccc2)oc2ccc(F)cc12. The Balaban J connectivity index is 1.94. The van der Waals surface area contributed by atoms with Gasteiger partial charge < -0.3 is 14.9 Å². The molecule has 2 aromatic carbocycles. The molecule has 0 saturated carbocycles. The molecule has 7 nitrogen and oxygen atoms in total. The number of nitrogens with two attached hydrogens (primary N) is 1. The first-order valence-electron chi connectivity index (χ1n) is 7.91. The number of aryl methyl sites for hydroxylation is 1. The summed E-state index contributed by atoms with van der Waals surface area (Å²) in [6.07, 6.45) is -1.42. The molecule has 0 radical (unpaired) electrons. The topological polar surface area (TPSA) is 112 Å². The Morgan fingerprint density at radius 3 is 2.52 bits per heavy atom. The molecule has 3 N–H and O–H groups in total. The molecule has 1 heterocycles. The third kappa shape index (κ3) is 3.79. The lowest BCUT2D eigenvalue weighted by atomic mass is 10.1. The van der Waals surface area contributed by atoms with E-state index in [0.29, 0.717) is 22.1 Å². The van der Waals surface area contributed by atoms with Crippen LogP contribution in [0, 0.1) is 12.7 Å². The van der Waals surface area contributed by atoms with Crippen molar-refractivity contribution in [1.29, 1.82) is 0 Å². The normalized spacial score (nSPS) is 11.8. The van der Waals surface area contributed by atoms with Crippen LogP contribution < -0.4 is 11.1 Å². The number of furan rings is 1. The lowest BCUT2D eigenvalue weighted by molar-refractivity contribution is -0.129. The Morgan fingerprint density at radius 2 is 1.85 bits per heavy atom. The highest BCUT2D eigenvalue weighted by Crippen LogP contribution is 2.28. The van der Waals surface area contributed by atoms with Gasteiger partial charge in [-0.15, -0.1) is 0 Å². The van der Waals surface area contributed by atoms with Crippen LogP contribution in [0.4, 0.5) is 9.18 Å². The molecule has 0 aliphatic carbocycles. The fourth-order valence-electron chi connectivity index (χ4n) is 2.64. The minimum absolute atomic E-state index is 0.164. The predicted molar refractivity (Wildman–Crippen MR) is 93.2 cm³/mol. The molecule has 0 spiro atoms. The number of imide groups is 1. The number of amides is 3. The van der Waals surface area contributed by atoms with Gasteiger partial charge in [0.15, 0.2) is 0 Å². The molecule has 8 heteroatoms. The van der Waals surface area contributed by atoms with Crippen molar-refractivity contribution in [2.45, 2.75) is 13.0 Å². The van der Waals surface area contributed by atoms with Crippen LogP contribution in [0.15, 0.2) is 52.9 Å². The predicted octanol–water partition coefficient (Wildman–Crippen LogP) is 2.97. The summed E-state index contributed by atoms with van der Waals surface area (Å²) < 4.78 is 24.2. The second kappa shape index (κ2) is 7.28. The largest absolute Gasteiger partial charge is 0.449 e. The summed E-state index contributed by atoms with van der Waals surface area (Å²) in [5.74, 6) is -2.47. The number of hydrogen-bond donors (Lipinski definition) is 2. The van der Waals surface area contributed by atoms with E-state index in [9.17, 15) is 18.8 Å². The molecule has 0 fully saturated rings. The van der Waals surface area contributed by atoms with Gasteiger partial charge >= 0.3 is 12.0 Å². The molecule has 27 heavy (non-hydrogen) atoms. The number of rotatable bonds is 4. The van der Waals surface area contributed by atoms with Gasteiger partial charge in [-0.1, -0.05) is 30.3 Å². The van der Waals surface area contributed by atoms with Crippen LogP contribution >= 0.6 is 0 Å². The van der Waals surface area contributed by atoms with Crippen LogP contribution in [0.1, 0.15) is 27.8 Å². The summed E-state index contributed by atoms with van der Waals surface area (Å²) in [4.78, 5) is 35.8. The number of ether oxygens (including phenoxy) is 1. The first-order chi connectivity index (χ1) is 12.9. The van der Waals surface area contributed by atoms with Crippen molar-refractivity contribution < 1.29 is 27.9 Å². The van der Waals surface area contributed by atoms with E-state index in [2.05, 4.69) is 0 Å². The second-order valence-corrected chi connectivity index (χ2v) is 5.75. The average Bonchev–Trinajstić information content (AvgIpc) is 2.96. The average molecular weight is 370 g/mol. The first-order valence-corrected chi connectivity index (χ1v) is 7.91. The maximum Gasteiger partial charge on any atom is 0.375 e. The van der Waals surface area contributed by atoms with Crippen LogP contribution in [0.5, 0.6) is 0 Å². The molecule has 3 rings (SSSR count). The number of benzene rings is 2. The van der Waals surface area contributed by atoms with E-state index in [4.69, 9.17) is 14.9 Å². The number of hydrogen-bond acceptors (Lipinski definition) is 5. The smallest absolute Gasteiger partial charge is 0.375 e. The van der Waals surface area contributed by atoms with Crippen molar-refractivity contribution in [3.63, 3.8) is 0 Å². The van der Waals surface area contributed by atoms with Crippen molar-refractivity contribution in [3.8, 4) is 0 Å². The highest BCUT2D eigenvalue weighted by Gasteiger charge is 2.29.